The molecule has 0 bridgehead atoms. The van der Waals surface area contributed by atoms with Gasteiger partial charge in [0.25, 0.3) is 0 Å². The standard InChI is InChI=1S/C12H18N2O2S2/c1-16-7-4-8-18-10-6-3-5-9(17-2)11(10)12(13)14-15/h3,5-6,15H,4,7-8H2,1-2H3,(H2,13,14). The molecule has 0 aliphatic carbocycles. The minimum absolute atomic E-state index is 0.161. The molecule has 0 fully saturated rings. The normalized spacial score (nSPS) is 11.8. The quantitative estimate of drug-likeness (QED) is 0.201. The van der Waals surface area contributed by atoms with Crippen molar-refractivity contribution >= 4 is 29.4 Å². The molecule has 0 saturated carbocycles. The number of rotatable bonds is 7. The Bertz CT molecular complexity index is 411. The summed E-state index contributed by atoms with van der Waals surface area (Å²) in [6, 6.07) is 5.94. The fourth-order valence-corrected chi connectivity index (χ4v) is 3.20. The fraction of sp³-hybridized carbons (Fsp3) is 0.417. The highest BCUT2D eigenvalue weighted by Gasteiger charge is 2.12. The summed E-state index contributed by atoms with van der Waals surface area (Å²) < 4.78 is 5.02. The Morgan fingerprint density at radius 3 is 2.78 bits per heavy atom. The molecule has 0 aliphatic heterocycles. The van der Waals surface area contributed by atoms with Crippen LogP contribution in [0.2, 0.25) is 0 Å². The van der Waals surface area contributed by atoms with Crippen LogP contribution in [0.25, 0.3) is 0 Å². The van der Waals surface area contributed by atoms with Gasteiger partial charge >= 0.3 is 0 Å². The number of thioether (sulfide) groups is 2. The van der Waals surface area contributed by atoms with Gasteiger partial charge in [0.2, 0.25) is 0 Å². The highest BCUT2D eigenvalue weighted by atomic mass is 32.2. The molecule has 0 atom stereocenters. The molecule has 1 aromatic rings. The number of amidine groups is 1. The van der Waals surface area contributed by atoms with Crippen molar-refractivity contribution in [3.63, 3.8) is 0 Å². The van der Waals surface area contributed by atoms with Gasteiger partial charge in [-0.1, -0.05) is 11.2 Å². The number of hydrogen-bond donors (Lipinski definition) is 2. The van der Waals surface area contributed by atoms with Crippen LogP contribution in [0.3, 0.4) is 0 Å². The largest absolute Gasteiger partial charge is 0.409 e. The highest BCUT2D eigenvalue weighted by Crippen LogP contribution is 2.30. The summed E-state index contributed by atoms with van der Waals surface area (Å²) in [4.78, 5) is 2.05. The fourth-order valence-electron chi connectivity index (χ4n) is 1.49. The lowest BCUT2D eigenvalue weighted by Crippen LogP contribution is -2.15. The molecular weight excluding hydrogens is 268 g/mol. The van der Waals surface area contributed by atoms with Gasteiger partial charge < -0.3 is 15.7 Å². The van der Waals surface area contributed by atoms with Crippen LogP contribution in [0, 0.1) is 0 Å². The third-order valence-corrected chi connectivity index (χ3v) is 4.25. The Hall–Kier alpha value is -0.850. The lowest BCUT2D eigenvalue weighted by molar-refractivity contribution is 0.200. The zero-order valence-electron chi connectivity index (χ0n) is 10.5. The van der Waals surface area contributed by atoms with Gasteiger partial charge in [0.15, 0.2) is 5.84 Å². The monoisotopic (exact) mass is 286 g/mol. The molecule has 1 rings (SSSR count). The molecule has 0 spiro atoms. The molecule has 4 nitrogen and oxygen atoms in total. The summed E-state index contributed by atoms with van der Waals surface area (Å²) >= 11 is 3.28. The Morgan fingerprint density at radius 1 is 1.44 bits per heavy atom. The van der Waals surface area contributed by atoms with E-state index in [1.165, 1.54) is 0 Å². The van der Waals surface area contributed by atoms with Crippen molar-refractivity contribution in [3.05, 3.63) is 23.8 Å². The van der Waals surface area contributed by atoms with Crippen molar-refractivity contribution in [1.82, 2.24) is 0 Å². The first kappa shape index (κ1) is 15.2. The summed E-state index contributed by atoms with van der Waals surface area (Å²) in [5.41, 5.74) is 6.57. The second-order valence-electron chi connectivity index (χ2n) is 3.51. The summed E-state index contributed by atoms with van der Waals surface area (Å²) in [5.74, 6) is 1.10. The van der Waals surface area contributed by atoms with E-state index in [1.54, 1.807) is 30.6 Å². The first-order valence-electron chi connectivity index (χ1n) is 5.51. The number of benzene rings is 1. The predicted molar refractivity (Wildman–Crippen MR) is 78.0 cm³/mol. The van der Waals surface area contributed by atoms with Crippen LogP contribution in [0.4, 0.5) is 0 Å². The first-order chi connectivity index (χ1) is 8.74. The van der Waals surface area contributed by atoms with E-state index < -0.39 is 0 Å². The van der Waals surface area contributed by atoms with Crippen LogP contribution >= 0.6 is 23.5 Å². The third kappa shape index (κ3) is 4.12. The van der Waals surface area contributed by atoms with Crippen molar-refractivity contribution in [3.8, 4) is 0 Å². The van der Waals surface area contributed by atoms with Crippen molar-refractivity contribution in [2.45, 2.75) is 16.2 Å². The number of ether oxygens (including phenoxy) is 1. The van der Waals surface area contributed by atoms with Gasteiger partial charge in [-0.3, -0.25) is 0 Å². The van der Waals surface area contributed by atoms with Gasteiger partial charge in [0, 0.05) is 34.8 Å². The van der Waals surface area contributed by atoms with Gasteiger partial charge in [-0.2, -0.15) is 0 Å². The number of nitrogens with two attached hydrogens (primary N) is 1. The van der Waals surface area contributed by atoms with Crippen LogP contribution in [-0.4, -0.2) is 36.8 Å². The van der Waals surface area contributed by atoms with Crippen LogP contribution in [0.15, 0.2) is 33.1 Å². The minimum atomic E-state index is 0.161. The van der Waals surface area contributed by atoms with Crippen molar-refractivity contribution in [2.24, 2.45) is 10.9 Å². The molecule has 0 saturated heterocycles. The average Bonchev–Trinajstić information content (AvgIpc) is 2.42. The summed E-state index contributed by atoms with van der Waals surface area (Å²) in [7, 11) is 1.70. The van der Waals surface area contributed by atoms with E-state index in [9.17, 15) is 0 Å². The van der Waals surface area contributed by atoms with Crippen LogP contribution in [-0.2, 0) is 4.74 Å². The Labute approximate surface area is 116 Å². The van der Waals surface area contributed by atoms with Gasteiger partial charge in [0.05, 0.1) is 0 Å². The van der Waals surface area contributed by atoms with Gasteiger partial charge in [-0.25, -0.2) is 0 Å². The van der Waals surface area contributed by atoms with Crippen molar-refractivity contribution < 1.29 is 9.94 Å². The summed E-state index contributed by atoms with van der Waals surface area (Å²) in [6.45, 7) is 0.744. The molecule has 18 heavy (non-hydrogen) atoms. The Kier molecular flexibility index (Phi) is 7.00. The number of hydrogen-bond acceptors (Lipinski definition) is 5. The first-order valence-corrected chi connectivity index (χ1v) is 7.72. The van der Waals surface area contributed by atoms with E-state index in [1.807, 2.05) is 24.5 Å². The number of nitrogens with zero attached hydrogens (tertiary/aromatic N) is 1. The van der Waals surface area contributed by atoms with Gasteiger partial charge in [-0.05, 0) is 24.8 Å². The molecule has 0 aromatic heterocycles. The zero-order chi connectivity index (χ0) is 13.4. The topological polar surface area (TPSA) is 67.8 Å². The number of methoxy groups -OCH3 is 1. The maximum absolute atomic E-state index is 8.87. The molecule has 0 unspecified atom stereocenters. The molecule has 3 N–H and O–H groups in total. The molecule has 100 valence electrons. The SMILES string of the molecule is COCCCSc1cccc(SC)c1/C(N)=N/O. The predicted octanol–water partition coefficient (Wildman–Crippen LogP) is 2.63. The molecule has 1 aromatic carbocycles. The Balaban J connectivity index is 2.89. The summed E-state index contributed by atoms with van der Waals surface area (Å²) in [5, 5.41) is 12.0. The lowest BCUT2D eigenvalue weighted by Gasteiger charge is -2.11. The average molecular weight is 286 g/mol. The van der Waals surface area contributed by atoms with E-state index in [2.05, 4.69) is 5.16 Å². The molecule has 6 heteroatoms. The van der Waals surface area contributed by atoms with Crippen LogP contribution in [0.5, 0.6) is 0 Å². The molecule has 0 amide bonds. The van der Waals surface area contributed by atoms with Crippen LogP contribution < -0.4 is 5.73 Å². The maximum atomic E-state index is 8.87. The second-order valence-corrected chi connectivity index (χ2v) is 5.50. The van der Waals surface area contributed by atoms with E-state index in [0.717, 1.165) is 34.1 Å². The van der Waals surface area contributed by atoms with E-state index >= 15 is 0 Å². The zero-order valence-corrected chi connectivity index (χ0v) is 12.2. The molecule has 0 aliphatic rings. The Morgan fingerprint density at radius 2 is 2.17 bits per heavy atom. The smallest absolute Gasteiger partial charge is 0.172 e. The van der Waals surface area contributed by atoms with E-state index in [0.29, 0.717) is 0 Å². The minimum Gasteiger partial charge on any atom is -0.409 e. The van der Waals surface area contributed by atoms with Gasteiger partial charge in [0.1, 0.15) is 0 Å². The van der Waals surface area contributed by atoms with Crippen molar-refractivity contribution in [2.75, 3.05) is 25.7 Å². The molecule has 0 heterocycles. The molecular formula is C12H18N2O2S2. The van der Waals surface area contributed by atoms with E-state index in [4.69, 9.17) is 15.7 Å². The second kappa shape index (κ2) is 8.29. The third-order valence-electron chi connectivity index (χ3n) is 2.32. The van der Waals surface area contributed by atoms with Crippen LogP contribution in [0.1, 0.15) is 12.0 Å². The molecule has 0 radical (unpaired) electrons. The van der Waals surface area contributed by atoms with Gasteiger partial charge in [-0.15, -0.1) is 23.5 Å². The maximum Gasteiger partial charge on any atom is 0.172 e. The lowest BCUT2D eigenvalue weighted by atomic mass is 10.2. The van der Waals surface area contributed by atoms with E-state index in [-0.39, 0.29) is 5.84 Å². The summed E-state index contributed by atoms with van der Waals surface area (Å²) in [6.07, 6.45) is 2.95. The highest BCUT2D eigenvalue weighted by molar-refractivity contribution is 8.00. The van der Waals surface area contributed by atoms with Crippen molar-refractivity contribution in [1.29, 1.82) is 0 Å². The number of oxime groups is 1.